The van der Waals surface area contributed by atoms with E-state index in [0.29, 0.717) is 30.9 Å². The van der Waals surface area contributed by atoms with Crippen LogP contribution in [0.25, 0.3) is 0 Å². The van der Waals surface area contributed by atoms with Crippen molar-refractivity contribution in [3.63, 3.8) is 0 Å². The molecule has 162 valence electrons. The van der Waals surface area contributed by atoms with E-state index in [1.165, 1.54) is 24.3 Å². The molecule has 3 atom stereocenters. The van der Waals surface area contributed by atoms with Gasteiger partial charge >= 0.3 is 0 Å². The normalized spacial score (nSPS) is 19.4. The van der Waals surface area contributed by atoms with E-state index in [2.05, 4.69) is 4.72 Å². The first-order chi connectivity index (χ1) is 14.2. The largest absolute Gasteiger partial charge is 0.755 e. The molecule has 1 heterocycles. The average Bonchev–Trinajstić information content (AvgIpc) is 2.70. The van der Waals surface area contributed by atoms with Gasteiger partial charge in [0.15, 0.2) is 11.6 Å². The lowest BCUT2D eigenvalue weighted by atomic mass is 10.0. The van der Waals surface area contributed by atoms with Crippen LogP contribution in [-0.4, -0.2) is 50.1 Å². The maximum Gasteiger partial charge on any atom is 0.254 e. The van der Waals surface area contributed by atoms with E-state index in [4.69, 9.17) is 0 Å². The summed E-state index contributed by atoms with van der Waals surface area (Å²) in [5.41, 5.74) is 0.416. The highest BCUT2D eigenvalue weighted by atomic mass is 32.2. The molecule has 2 aromatic carbocycles. The van der Waals surface area contributed by atoms with Crippen LogP contribution >= 0.6 is 0 Å². The number of hydrogen-bond acceptors (Lipinski definition) is 4. The molecule has 0 bridgehead atoms. The van der Waals surface area contributed by atoms with Crippen LogP contribution in [0.3, 0.4) is 0 Å². The number of halogens is 3. The van der Waals surface area contributed by atoms with E-state index in [0.717, 1.165) is 12.1 Å². The summed E-state index contributed by atoms with van der Waals surface area (Å²) in [6.45, 7) is 4.48. The lowest BCUT2D eigenvalue weighted by molar-refractivity contribution is 0.0396. The minimum Gasteiger partial charge on any atom is -0.755 e. The second kappa shape index (κ2) is 9.15. The topological polar surface area (TPSA) is 75.7 Å². The zero-order valence-electron chi connectivity index (χ0n) is 16.4. The molecule has 10 heteroatoms. The molecule has 0 aromatic heterocycles. The lowest BCUT2D eigenvalue weighted by Crippen LogP contribution is -2.54. The van der Waals surface area contributed by atoms with Crippen molar-refractivity contribution in [2.75, 3.05) is 24.4 Å². The van der Waals surface area contributed by atoms with Crippen LogP contribution in [0.5, 0.6) is 0 Å². The monoisotopic (exact) mass is 440 g/mol. The fourth-order valence-electron chi connectivity index (χ4n) is 3.69. The number of piperazine rings is 1. The minimum absolute atomic E-state index is 0.229. The molecular formula is C20H21F3N3O3S-. The minimum atomic E-state index is -2.45. The quantitative estimate of drug-likeness (QED) is 0.572. The molecule has 1 amide bonds. The summed E-state index contributed by atoms with van der Waals surface area (Å²) in [6.07, 6.45) is 0. The Kier molecular flexibility index (Phi) is 6.79. The predicted octanol–water partition coefficient (Wildman–Crippen LogP) is 3.22. The summed E-state index contributed by atoms with van der Waals surface area (Å²) in [6, 6.07) is 6.75. The molecule has 2 unspecified atom stereocenters. The van der Waals surface area contributed by atoms with Gasteiger partial charge in [0.25, 0.3) is 5.91 Å². The Labute approximate surface area is 175 Å². The number of carbonyl (C=O) groups is 1. The van der Waals surface area contributed by atoms with Crippen LogP contribution < -0.4 is 4.72 Å². The van der Waals surface area contributed by atoms with Gasteiger partial charge in [-0.25, -0.2) is 13.2 Å². The zero-order valence-corrected chi connectivity index (χ0v) is 17.2. The van der Waals surface area contributed by atoms with Crippen LogP contribution in [-0.2, 0) is 11.3 Å². The fourth-order valence-corrected chi connectivity index (χ4v) is 4.02. The van der Waals surface area contributed by atoms with E-state index in [1.54, 1.807) is 11.8 Å². The van der Waals surface area contributed by atoms with Crippen LogP contribution in [0.4, 0.5) is 18.9 Å². The number of benzene rings is 2. The summed E-state index contributed by atoms with van der Waals surface area (Å²) in [7, 11) is 0. The summed E-state index contributed by atoms with van der Waals surface area (Å²) in [5, 5.41) is 0. The second-order valence-electron chi connectivity index (χ2n) is 7.19. The van der Waals surface area contributed by atoms with Crippen molar-refractivity contribution in [2.24, 2.45) is 0 Å². The Bertz CT molecular complexity index is 958. The molecule has 0 saturated carbocycles. The van der Waals surface area contributed by atoms with Gasteiger partial charge in [0.05, 0.1) is 0 Å². The molecule has 1 aliphatic rings. The zero-order chi connectivity index (χ0) is 22.0. The van der Waals surface area contributed by atoms with Crippen molar-refractivity contribution in [3.8, 4) is 0 Å². The highest BCUT2D eigenvalue weighted by Crippen LogP contribution is 2.29. The van der Waals surface area contributed by atoms with Gasteiger partial charge in [-0.15, -0.1) is 0 Å². The van der Waals surface area contributed by atoms with Gasteiger partial charge in [-0.3, -0.25) is 13.9 Å². The maximum atomic E-state index is 14.2. The third kappa shape index (κ3) is 4.66. The summed E-state index contributed by atoms with van der Waals surface area (Å²) in [5.74, 6) is -3.33. The number of rotatable bonds is 5. The van der Waals surface area contributed by atoms with Crippen molar-refractivity contribution in [1.82, 2.24) is 9.80 Å². The number of hydrogen-bond donors (Lipinski definition) is 1. The molecule has 0 radical (unpaired) electrons. The molecule has 30 heavy (non-hydrogen) atoms. The van der Waals surface area contributed by atoms with Crippen molar-refractivity contribution in [3.05, 3.63) is 65.0 Å². The third-order valence-electron chi connectivity index (χ3n) is 5.30. The van der Waals surface area contributed by atoms with Crippen LogP contribution in [0.15, 0.2) is 36.4 Å². The van der Waals surface area contributed by atoms with Gasteiger partial charge in [0.2, 0.25) is 0 Å². The van der Waals surface area contributed by atoms with E-state index >= 15 is 0 Å². The fraction of sp³-hybridized carbons (Fsp3) is 0.350. The van der Waals surface area contributed by atoms with E-state index in [-0.39, 0.29) is 17.5 Å². The highest BCUT2D eigenvalue weighted by Gasteiger charge is 2.32. The Morgan fingerprint density at radius 2 is 1.77 bits per heavy atom. The molecule has 0 spiro atoms. The van der Waals surface area contributed by atoms with Gasteiger partial charge in [0.1, 0.15) is 5.82 Å². The van der Waals surface area contributed by atoms with Gasteiger partial charge in [-0.1, -0.05) is 0 Å². The van der Waals surface area contributed by atoms with E-state index < -0.39 is 34.8 Å². The summed E-state index contributed by atoms with van der Waals surface area (Å²) >= 11 is -2.45. The third-order valence-corrected chi connectivity index (χ3v) is 5.70. The molecule has 3 rings (SSSR count). The molecule has 2 aromatic rings. The maximum absolute atomic E-state index is 14.2. The second-order valence-corrected chi connectivity index (χ2v) is 7.86. The van der Waals surface area contributed by atoms with Gasteiger partial charge < -0.3 is 14.2 Å². The molecule has 1 saturated heterocycles. The highest BCUT2D eigenvalue weighted by molar-refractivity contribution is 7.80. The molecular weight excluding hydrogens is 419 g/mol. The molecule has 1 fully saturated rings. The van der Waals surface area contributed by atoms with Crippen LogP contribution in [0.1, 0.15) is 35.8 Å². The van der Waals surface area contributed by atoms with Crippen molar-refractivity contribution >= 4 is 22.9 Å². The number of nitrogens with one attached hydrogen (secondary N) is 1. The first-order valence-electron chi connectivity index (χ1n) is 9.33. The molecule has 1 aliphatic heterocycles. The molecule has 0 aliphatic carbocycles. The number of anilines is 1. The first-order valence-corrected chi connectivity index (χ1v) is 10.4. The Balaban J connectivity index is 1.70. The summed E-state index contributed by atoms with van der Waals surface area (Å²) in [4.78, 5) is 16.3. The van der Waals surface area contributed by atoms with Crippen molar-refractivity contribution in [1.29, 1.82) is 0 Å². The van der Waals surface area contributed by atoms with Crippen molar-refractivity contribution in [2.45, 2.75) is 25.9 Å². The van der Waals surface area contributed by atoms with Crippen LogP contribution in [0.2, 0.25) is 0 Å². The Morgan fingerprint density at radius 1 is 1.13 bits per heavy atom. The van der Waals surface area contributed by atoms with Gasteiger partial charge in [-0.2, -0.15) is 0 Å². The molecule has 6 nitrogen and oxygen atoms in total. The van der Waals surface area contributed by atoms with E-state index in [1.807, 2.05) is 11.8 Å². The Hall–Kier alpha value is -2.43. The smallest absolute Gasteiger partial charge is 0.254 e. The van der Waals surface area contributed by atoms with Crippen molar-refractivity contribution < 1.29 is 26.7 Å². The van der Waals surface area contributed by atoms with E-state index in [9.17, 15) is 26.7 Å². The van der Waals surface area contributed by atoms with Crippen LogP contribution in [0, 0.1) is 17.5 Å². The van der Waals surface area contributed by atoms with Gasteiger partial charge in [0, 0.05) is 59.8 Å². The summed E-state index contributed by atoms with van der Waals surface area (Å²) < 4.78 is 65.4. The first kappa shape index (κ1) is 22.3. The average molecular weight is 440 g/mol. The number of nitrogens with zero attached hydrogens (tertiary/aromatic N) is 2. The predicted molar refractivity (Wildman–Crippen MR) is 106 cm³/mol. The number of amides is 1. The number of carbonyl (C=O) groups excluding carboxylic acids is 1. The molecule has 1 N–H and O–H groups in total. The SMILES string of the molecule is CC(c1c(F)ccc(F)c1F)N1CCN(C(=O)c2ccc(NS(=O)[O-])cc2)[C@H](C)C1. The standard InChI is InChI=1S/C20H22F3N3O3S/c1-12-11-25(13(2)18-16(21)7-8-17(22)19(18)23)9-10-26(12)20(27)14-3-5-15(6-4-14)24-30(28)29/h3-8,12-13,24H,9-11H2,1-2H3,(H,28,29)/p-1/t12-,13?/m1/s1. The Morgan fingerprint density at radius 3 is 2.37 bits per heavy atom. The lowest BCUT2D eigenvalue weighted by Gasteiger charge is -2.42. The van der Waals surface area contributed by atoms with Gasteiger partial charge in [-0.05, 0) is 50.2 Å².